The summed E-state index contributed by atoms with van der Waals surface area (Å²) in [6.45, 7) is 1.79. The summed E-state index contributed by atoms with van der Waals surface area (Å²) in [5, 5.41) is 0. The highest BCUT2D eigenvalue weighted by molar-refractivity contribution is 5.89. The van der Waals surface area contributed by atoms with E-state index in [-0.39, 0.29) is 0 Å². The number of alkyl halides is 3. The molecule has 0 radical (unpaired) electrons. The Hall–Kier alpha value is -1.52. The topological polar surface area (TPSA) is 15.6 Å². The van der Waals surface area contributed by atoms with Crippen molar-refractivity contribution in [3.63, 3.8) is 0 Å². The average Bonchev–Trinajstić information content (AvgIpc) is 3.04. The van der Waals surface area contributed by atoms with E-state index in [1.807, 2.05) is 7.05 Å². The van der Waals surface area contributed by atoms with Crippen molar-refractivity contribution < 1.29 is 13.2 Å². The zero-order valence-electron chi connectivity index (χ0n) is 10.6. The highest BCUT2D eigenvalue weighted by Gasteiger charge is 2.44. The largest absolute Gasteiger partial charge is 0.416 e. The quantitative estimate of drug-likeness (QED) is 0.804. The summed E-state index contributed by atoms with van der Waals surface area (Å²) in [6.07, 6.45) is -3.26. The number of hydrogen-bond acceptors (Lipinski definition) is 2. The minimum atomic E-state index is -4.25. The molecule has 1 heterocycles. The summed E-state index contributed by atoms with van der Waals surface area (Å²) in [5.41, 5.74) is 0.407. The van der Waals surface area contributed by atoms with Gasteiger partial charge in [-0.3, -0.25) is 4.99 Å². The van der Waals surface area contributed by atoms with Crippen LogP contribution in [0.3, 0.4) is 0 Å². The van der Waals surface area contributed by atoms with Gasteiger partial charge in [0.15, 0.2) is 0 Å². The van der Waals surface area contributed by atoms with Crippen molar-refractivity contribution in [2.75, 3.05) is 20.1 Å². The summed E-state index contributed by atoms with van der Waals surface area (Å²) in [5.74, 6) is 1.84. The Balaban J connectivity index is 1.72. The van der Waals surface area contributed by atoms with Crippen LogP contribution in [0.1, 0.15) is 23.5 Å². The van der Waals surface area contributed by atoms with Gasteiger partial charge in [0.2, 0.25) is 0 Å². The van der Waals surface area contributed by atoms with Crippen LogP contribution >= 0.6 is 0 Å². The van der Waals surface area contributed by atoms with Crippen LogP contribution in [0.25, 0.3) is 0 Å². The molecule has 102 valence electrons. The lowest BCUT2D eigenvalue weighted by molar-refractivity contribution is -0.137. The van der Waals surface area contributed by atoms with Gasteiger partial charge in [-0.15, -0.1) is 0 Å². The van der Waals surface area contributed by atoms with Crippen LogP contribution < -0.4 is 0 Å². The van der Waals surface area contributed by atoms with Gasteiger partial charge in [-0.2, -0.15) is 13.2 Å². The van der Waals surface area contributed by atoms with Crippen LogP contribution in [0.2, 0.25) is 0 Å². The number of halogens is 3. The van der Waals surface area contributed by atoms with Crippen molar-refractivity contribution >= 4 is 5.84 Å². The molecule has 2 aliphatic rings. The van der Waals surface area contributed by atoms with E-state index in [0.29, 0.717) is 11.8 Å². The summed E-state index contributed by atoms with van der Waals surface area (Å²) >= 11 is 0. The van der Waals surface area contributed by atoms with Crippen LogP contribution in [0.15, 0.2) is 29.3 Å². The van der Waals surface area contributed by atoms with Gasteiger partial charge in [0.1, 0.15) is 5.84 Å². The fourth-order valence-electron chi connectivity index (χ4n) is 2.72. The minimum absolute atomic E-state index is 0.335. The second-order valence-corrected chi connectivity index (χ2v) is 5.23. The van der Waals surface area contributed by atoms with E-state index >= 15 is 0 Å². The lowest BCUT2D eigenvalue weighted by Crippen LogP contribution is -2.24. The second kappa shape index (κ2) is 4.25. The lowest BCUT2D eigenvalue weighted by atomic mass is 10.1. The molecule has 0 saturated heterocycles. The highest BCUT2D eigenvalue weighted by atomic mass is 19.4. The van der Waals surface area contributed by atoms with E-state index in [0.717, 1.165) is 30.9 Å². The second-order valence-electron chi connectivity index (χ2n) is 5.23. The standard InChI is InChI=1S/C14H15F3N2/c1-19-7-6-18-13(19)12-8-11(12)9-2-4-10(5-3-9)14(15,16)17/h2-5,11-12H,6-8H2,1H3/t11-,12+/m0/s1. The zero-order valence-corrected chi connectivity index (χ0v) is 10.6. The predicted octanol–water partition coefficient (Wildman–Crippen LogP) is 3.15. The van der Waals surface area contributed by atoms with Crippen molar-refractivity contribution in [2.24, 2.45) is 10.9 Å². The van der Waals surface area contributed by atoms with Gasteiger partial charge in [0.05, 0.1) is 12.1 Å². The fraction of sp³-hybridized carbons (Fsp3) is 0.500. The van der Waals surface area contributed by atoms with Crippen molar-refractivity contribution in [3.8, 4) is 0 Å². The van der Waals surface area contributed by atoms with Gasteiger partial charge < -0.3 is 4.90 Å². The van der Waals surface area contributed by atoms with Gasteiger partial charge in [0.25, 0.3) is 0 Å². The Labute approximate surface area is 109 Å². The predicted molar refractivity (Wildman–Crippen MR) is 67.2 cm³/mol. The van der Waals surface area contributed by atoms with Crippen molar-refractivity contribution in [3.05, 3.63) is 35.4 Å². The van der Waals surface area contributed by atoms with Gasteiger partial charge in [-0.25, -0.2) is 0 Å². The monoisotopic (exact) mass is 268 g/mol. The summed E-state index contributed by atoms with van der Waals surface area (Å²) in [4.78, 5) is 6.62. The molecule has 19 heavy (non-hydrogen) atoms. The first kappa shape index (κ1) is 12.5. The van der Waals surface area contributed by atoms with Gasteiger partial charge in [0, 0.05) is 19.5 Å². The molecule has 5 heteroatoms. The van der Waals surface area contributed by atoms with E-state index in [1.165, 1.54) is 12.1 Å². The molecule has 0 aromatic heterocycles. The van der Waals surface area contributed by atoms with Crippen LogP contribution in [0, 0.1) is 5.92 Å². The Morgan fingerprint density at radius 2 is 1.84 bits per heavy atom. The molecule has 1 aliphatic heterocycles. The molecule has 0 unspecified atom stereocenters. The first-order valence-corrected chi connectivity index (χ1v) is 6.39. The summed E-state index contributed by atoms with van der Waals surface area (Å²) in [6, 6.07) is 5.54. The molecule has 0 amide bonds. The third kappa shape index (κ3) is 2.33. The molecule has 0 bridgehead atoms. The van der Waals surface area contributed by atoms with Gasteiger partial charge in [-0.05, 0) is 30.0 Å². The minimum Gasteiger partial charge on any atom is -0.361 e. The molecule has 0 spiro atoms. The molecular weight excluding hydrogens is 253 g/mol. The lowest BCUT2D eigenvalue weighted by Gasteiger charge is -2.13. The number of aliphatic imine (C=N–C) groups is 1. The smallest absolute Gasteiger partial charge is 0.361 e. The molecule has 1 saturated carbocycles. The normalized spacial score (nSPS) is 26.5. The van der Waals surface area contributed by atoms with E-state index < -0.39 is 11.7 Å². The number of rotatable bonds is 2. The van der Waals surface area contributed by atoms with Gasteiger partial charge >= 0.3 is 6.18 Å². The third-order valence-corrected chi connectivity index (χ3v) is 3.89. The van der Waals surface area contributed by atoms with Crippen molar-refractivity contribution in [2.45, 2.75) is 18.5 Å². The summed E-state index contributed by atoms with van der Waals surface area (Å²) < 4.78 is 37.5. The van der Waals surface area contributed by atoms with Crippen LogP contribution in [0.4, 0.5) is 13.2 Å². The molecule has 1 aliphatic carbocycles. The highest BCUT2D eigenvalue weighted by Crippen LogP contribution is 2.49. The van der Waals surface area contributed by atoms with Crippen LogP contribution in [-0.4, -0.2) is 30.9 Å². The summed E-state index contributed by atoms with van der Waals surface area (Å²) in [7, 11) is 2.02. The van der Waals surface area contributed by atoms with E-state index in [9.17, 15) is 13.2 Å². The number of likely N-dealkylation sites (N-methyl/N-ethyl adjacent to an activating group) is 1. The molecule has 3 rings (SSSR count). The maximum atomic E-state index is 12.5. The molecule has 1 aromatic carbocycles. The van der Waals surface area contributed by atoms with Gasteiger partial charge in [-0.1, -0.05) is 12.1 Å². The molecule has 0 N–H and O–H groups in total. The van der Waals surface area contributed by atoms with E-state index in [4.69, 9.17) is 0 Å². The Morgan fingerprint density at radius 1 is 1.16 bits per heavy atom. The fourth-order valence-corrected chi connectivity index (χ4v) is 2.72. The molecule has 2 nitrogen and oxygen atoms in total. The Kier molecular flexibility index (Phi) is 2.80. The zero-order chi connectivity index (χ0) is 13.6. The number of nitrogens with zero attached hydrogens (tertiary/aromatic N) is 2. The molecular formula is C14H15F3N2. The van der Waals surface area contributed by atoms with Crippen LogP contribution in [-0.2, 0) is 6.18 Å². The maximum absolute atomic E-state index is 12.5. The average molecular weight is 268 g/mol. The van der Waals surface area contributed by atoms with E-state index in [1.54, 1.807) is 12.1 Å². The Bertz CT molecular complexity index is 504. The Morgan fingerprint density at radius 3 is 2.37 bits per heavy atom. The molecule has 1 aromatic rings. The third-order valence-electron chi connectivity index (χ3n) is 3.89. The number of amidine groups is 1. The van der Waals surface area contributed by atoms with E-state index in [2.05, 4.69) is 9.89 Å². The van der Waals surface area contributed by atoms with Crippen molar-refractivity contribution in [1.82, 2.24) is 4.90 Å². The van der Waals surface area contributed by atoms with Crippen molar-refractivity contribution in [1.29, 1.82) is 0 Å². The van der Waals surface area contributed by atoms with Crippen LogP contribution in [0.5, 0.6) is 0 Å². The molecule has 2 atom stereocenters. The number of hydrogen-bond donors (Lipinski definition) is 0. The SMILES string of the molecule is CN1CCN=C1[C@@H]1C[C@H]1c1ccc(C(F)(F)F)cc1. The first-order valence-electron chi connectivity index (χ1n) is 6.39. The molecule has 1 fully saturated rings. The number of benzene rings is 1. The first-order chi connectivity index (χ1) is 8.97. The maximum Gasteiger partial charge on any atom is 0.416 e.